The molecule has 1 aromatic carbocycles. The van der Waals surface area contributed by atoms with Gasteiger partial charge in [-0.3, -0.25) is 4.79 Å². The number of aliphatic hydroxyl groups is 1. The number of nitrogens with zero attached hydrogens (tertiary/aromatic N) is 1. The van der Waals surface area contributed by atoms with Crippen molar-refractivity contribution < 1.29 is 19.4 Å². The number of benzene rings is 1. The first-order valence-electron chi connectivity index (χ1n) is 9.25. The van der Waals surface area contributed by atoms with Crippen molar-refractivity contribution in [2.24, 2.45) is 0 Å². The maximum Gasteiger partial charge on any atom is 0.246 e. The number of carbonyl (C=O) groups excluding carboxylic acids is 1. The first kappa shape index (κ1) is 17.8. The monoisotopic (exact) mass is 345 g/mol. The van der Waals surface area contributed by atoms with E-state index in [4.69, 9.17) is 9.47 Å². The number of hydrogen-bond donors (Lipinski definition) is 1. The summed E-state index contributed by atoms with van der Waals surface area (Å²) in [6, 6.07) is 5.76. The van der Waals surface area contributed by atoms with Crippen molar-refractivity contribution in [1.82, 2.24) is 4.90 Å². The molecule has 0 spiro atoms. The molecule has 1 atom stereocenters. The third-order valence-corrected chi connectivity index (χ3v) is 4.78. The summed E-state index contributed by atoms with van der Waals surface area (Å²) in [5, 5.41) is 9.58. The summed E-state index contributed by atoms with van der Waals surface area (Å²) >= 11 is 0. The zero-order valence-electron chi connectivity index (χ0n) is 14.8. The fourth-order valence-corrected chi connectivity index (χ4v) is 3.44. The summed E-state index contributed by atoms with van der Waals surface area (Å²) in [4.78, 5) is 14.0. The highest BCUT2D eigenvalue weighted by atomic mass is 16.5. The van der Waals surface area contributed by atoms with Gasteiger partial charge >= 0.3 is 0 Å². The van der Waals surface area contributed by atoms with E-state index in [-0.39, 0.29) is 12.0 Å². The van der Waals surface area contributed by atoms with Gasteiger partial charge in [-0.25, -0.2) is 0 Å². The van der Waals surface area contributed by atoms with Crippen molar-refractivity contribution in [3.63, 3.8) is 0 Å². The molecule has 3 rings (SSSR count). The molecule has 5 nitrogen and oxygen atoms in total. The second kappa shape index (κ2) is 8.39. The van der Waals surface area contributed by atoms with Gasteiger partial charge in [0.15, 0.2) is 11.5 Å². The molecule has 1 aliphatic heterocycles. The predicted molar refractivity (Wildman–Crippen MR) is 96.7 cm³/mol. The summed E-state index contributed by atoms with van der Waals surface area (Å²) in [7, 11) is 0. The molecule has 1 N–H and O–H groups in total. The molecule has 1 heterocycles. The highest BCUT2D eigenvalue weighted by Gasteiger charge is 2.23. The molecule has 2 fully saturated rings. The molecule has 1 saturated carbocycles. The molecule has 0 unspecified atom stereocenters. The number of β-amino-alcohol motifs (C(OH)–C–C–N with tert-alkyl or cyclic N) is 1. The van der Waals surface area contributed by atoms with Gasteiger partial charge in [0.25, 0.3) is 0 Å². The second-order valence-electron chi connectivity index (χ2n) is 6.69. The van der Waals surface area contributed by atoms with Crippen LogP contribution in [0.5, 0.6) is 11.5 Å². The van der Waals surface area contributed by atoms with Crippen LogP contribution in [-0.2, 0) is 4.79 Å². The van der Waals surface area contributed by atoms with Crippen molar-refractivity contribution in [2.45, 2.75) is 51.2 Å². The van der Waals surface area contributed by atoms with Crippen LogP contribution in [0.1, 0.15) is 44.6 Å². The lowest BCUT2D eigenvalue weighted by Gasteiger charge is -2.19. The Bertz CT molecular complexity index is 622. The Balaban J connectivity index is 1.77. The summed E-state index contributed by atoms with van der Waals surface area (Å²) in [6.45, 7) is 3.53. The topological polar surface area (TPSA) is 59.0 Å². The molecule has 1 amide bonds. The molecule has 2 aliphatic rings. The zero-order valence-corrected chi connectivity index (χ0v) is 14.8. The minimum absolute atomic E-state index is 0.0785. The summed E-state index contributed by atoms with van der Waals surface area (Å²) in [6.07, 6.45) is 8.34. The third-order valence-electron chi connectivity index (χ3n) is 4.78. The van der Waals surface area contributed by atoms with Gasteiger partial charge in [-0.1, -0.05) is 12.1 Å². The van der Waals surface area contributed by atoms with Crippen LogP contribution in [0.25, 0.3) is 6.08 Å². The van der Waals surface area contributed by atoms with E-state index < -0.39 is 6.10 Å². The van der Waals surface area contributed by atoms with Gasteiger partial charge in [-0.15, -0.1) is 0 Å². The van der Waals surface area contributed by atoms with E-state index in [1.54, 1.807) is 17.1 Å². The molecular weight excluding hydrogens is 318 g/mol. The van der Waals surface area contributed by atoms with Crippen molar-refractivity contribution in [3.8, 4) is 11.5 Å². The average Bonchev–Trinajstić information content (AvgIpc) is 3.26. The Morgan fingerprint density at radius 1 is 1.32 bits per heavy atom. The Hall–Kier alpha value is -2.01. The number of amides is 1. The summed E-state index contributed by atoms with van der Waals surface area (Å²) in [5.74, 6) is 1.37. The fourth-order valence-electron chi connectivity index (χ4n) is 3.44. The molecule has 0 bridgehead atoms. The SMILES string of the molecule is CCOc1cccc(/C=C/C(=O)N2CC[C@H](O)C2)c1OC1CCCC1. The molecule has 1 aromatic rings. The van der Waals surface area contributed by atoms with Crippen LogP contribution in [0, 0.1) is 0 Å². The minimum atomic E-state index is -0.403. The van der Waals surface area contributed by atoms with Crippen LogP contribution in [-0.4, -0.2) is 47.8 Å². The van der Waals surface area contributed by atoms with Crippen LogP contribution in [0.2, 0.25) is 0 Å². The van der Waals surface area contributed by atoms with Crippen LogP contribution in [0.15, 0.2) is 24.3 Å². The summed E-state index contributed by atoms with van der Waals surface area (Å²) in [5.41, 5.74) is 0.853. The Morgan fingerprint density at radius 3 is 2.80 bits per heavy atom. The molecular formula is C20H27NO4. The highest BCUT2D eigenvalue weighted by Crippen LogP contribution is 2.35. The molecule has 5 heteroatoms. The zero-order chi connectivity index (χ0) is 17.6. The molecule has 1 aliphatic carbocycles. The third kappa shape index (κ3) is 4.54. The molecule has 0 radical (unpaired) electrons. The predicted octanol–water partition coefficient (Wildman–Crippen LogP) is 3.01. The number of aliphatic hydroxyl groups excluding tert-OH is 1. The smallest absolute Gasteiger partial charge is 0.246 e. The van der Waals surface area contributed by atoms with E-state index >= 15 is 0 Å². The fraction of sp³-hybridized carbons (Fsp3) is 0.550. The Morgan fingerprint density at radius 2 is 2.12 bits per heavy atom. The maximum absolute atomic E-state index is 12.3. The first-order valence-corrected chi connectivity index (χ1v) is 9.25. The van der Waals surface area contributed by atoms with E-state index in [9.17, 15) is 9.90 Å². The lowest BCUT2D eigenvalue weighted by molar-refractivity contribution is -0.125. The number of hydrogen-bond acceptors (Lipinski definition) is 4. The van der Waals surface area contributed by atoms with Crippen LogP contribution in [0.3, 0.4) is 0 Å². The lowest BCUT2D eigenvalue weighted by Crippen LogP contribution is -2.27. The van der Waals surface area contributed by atoms with Gasteiger partial charge in [0.1, 0.15) is 0 Å². The molecule has 25 heavy (non-hydrogen) atoms. The van der Waals surface area contributed by atoms with E-state index in [2.05, 4.69) is 0 Å². The Kier molecular flexibility index (Phi) is 5.97. The van der Waals surface area contributed by atoms with Crippen molar-refractivity contribution in [3.05, 3.63) is 29.8 Å². The number of rotatable bonds is 6. The van der Waals surface area contributed by atoms with Gasteiger partial charge in [-0.05, 0) is 51.2 Å². The molecule has 0 aromatic heterocycles. The normalized spacial score (nSPS) is 21.2. The number of carbonyl (C=O) groups is 1. The van der Waals surface area contributed by atoms with Crippen molar-refractivity contribution in [1.29, 1.82) is 0 Å². The minimum Gasteiger partial charge on any atom is -0.490 e. The maximum atomic E-state index is 12.3. The number of ether oxygens (including phenoxy) is 2. The van der Waals surface area contributed by atoms with Crippen LogP contribution >= 0.6 is 0 Å². The van der Waals surface area contributed by atoms with E-state index in [0.717, 1.165) is 29.9 Å². The van der Waals surface area contributed by atoms with Crippen molar-refractivity contribution >= 4 is 12.0 Å². The van der Waals surface area contributed by atoms with Crippen LogP contribution in [0.4, 0.5) is 0 Å². The first-order chi connectivity index (χ1) is 12.2. The van der Waals surface area contributed by atoms with Crippen LogP contribution < -0.4 is 9.47 Å². The number of para-hydroxylation sites is 1. The standard InChI is InChI=1S/C20H27NO4/c1-2-24-18-9-5-6-15(20(18)25-17-7-3-4-8-17)10-11-19(23)21-13-12-16(22)14-21/h5-6,9-11,16-17,22H,2-4,7-8,12-14H2,1H3/b11-10+/t16-/m0/s1. The summed E-state index contributed by atoms with van der Waals surface area (Å²) < 4.78 is 11.9. The van der Waals surface area contributed by atoms with E-state index in [0.29, 0.717) is 26.1 Å². The largest absolute Gasteiger partial charge is 0.490 e. The van der Waals surface area contributed by atoms with Gasteiger partial charge in [0.2, 0.25) is 5.91 Å². The van der Waals surface area contributed by atoms with Gasteiger partial charge in [-0.2, -0.15) is 0 Å². The van der Waals surface area contributed by atoms with E-state index in [1.807, 2.05) is 25.1 Å². The van der Waals surface area contributed by atoms with Crippen molar-refractivity contribution in [2.75, 3.05) is 19.7 Å². The van der Waals surface area contributed by atoms with Gasteiger partial charge < -0.3 is 19.5 Å². The average molecular weight is 345 g/mol. The number of likely N-dealkylation sites (tertiary alicyclic amines) is 1. The lowest BCUT2D eigenvalue weighted by atomic mass is 10.1. The molecule has 1 saturated heterocycles. The van der Waals surface area contributed by atoms with E-state index in [1.165, 1.54) is 12.8 Å². The second-order valence-corrected chi connectivity index (χ2v) is 6.69. The van der Waals surface area contributed by atoms with Gasteiger partial charge in [0.05, 0.1) is 18.8 Å². The Labute approximate surface area is 149 Å². The quantitative estimate of drug-likeness (QED) is 0.805. The highest BCUT2D eigenvalue weighted by molar-refractivity contribution is 5.92. The molecule has 136 valence electrons. The van der Waals surface area contributed by atoms with Gasteiger partial charge in [0, 0.05) is 24.7 Å².